The van der Waals surface area contributed by atoms with E-state index in [0.29, 0.717) is 12.3 Å². The molecular formula is C22H29N7O. The third-order valence-corrected chi connectivity index (χ3v) is 5.50. The maximum Gasteiger partial charge on any atom is 0.291 e. The molecule has 0 aliphatic carbocycles. The fourth-order valence-corrected chi connectivity index (χ4v) is 3.90. The highest BCUT2D eigenvalue weighted by Gasteiger charge is 2.18. The first kappa shape index (κ1) is 20.3. The summed E-state index contributed by atoms with van der Waals surface area (Å²) < 4.78 is 1.61. The molecule has 0 bridgehead atoms. The Morgan fingerprint density at radius 3 is 2.63 bits per heavy atom. The summed E-state index contributed by atoms with van der Waals surface area (Å²) in [6.07, 6.45) is 0.903. The van der Waals surface area contributed by atoms with Crippen LogP contribution >= 0.6 is 0 Å². The van der Waals surface area contributed by atoms with Crippen LogP contribution in [0, 0.1) is 20.8 Å². The third-order valence-electron chi connectivity index (χ3n) is 5.50. The summed E-state index contributed by atoms with van der Waals surface area (Å²) in [5, 5.41) is 7.21. The van der Waals surface area contributed by atoms with Crippen LogP contribution in [0.15, 0.2) is 30.3 Å². The number of hydrogen-bond donors (Lipinski definition) is 1. The van der Waals surface area contributed by atoms with E-state index < -0.39 is 0 Å². The molecule has 8 heteroatoms. The van der Waals surface area contributed by atoms with Gasteiger partial charge in [-0.1, -0.05) is 12.1 Å². The van der Waals surface area contributed by atoms with Gasteiger partial charge in [-0.2, -0.15) is 4.98 Å². The van der Waals surface area contributed by atoms with Crippen molar-refractivity contribution < 1.29 is 4.79 Å². The highest BCUT2D eigenvalue weighted by atomic mass is 16.2. The van der Waals surface area contributed by atoms with E-state index in [0.717, 1.165) is 50.5 Å². The minimum Gasteiger partial charge on any atom is -0.369 e. The fraction of sp³-hybridized carbons (Fsp3) is 0.455. The number of nitrogens with zero attached hydrogens (tertiary/aromatic N) is 6. The number of piperazine rings is 1. The molecule has 1 amide bonds. The second-order valence-corrected chi connectivity index (χ2v) is 7.96. The van der Waals surface area contributed by atoms with Gasteiger partial charge in [0.25, 0.3) is 11.7 Å². The Balaban J connectivity index is 1.21. The van der Waals surface area contributed by atoms with Crippen molar-refractivity contribution in [1.82, 2.24) is 29.8 Å². The summed E-state index contributed by atoms with van der Waals surface area (Å²) in [6.45, 7) is 11.7. The van der Waals surface area contributed by atoms with E-state index in [4.69, 9.17) is 0 Å². The maximum atomic E-state index is 12.4. The highest BCUT2D eigenvalue weighted by Crippen LogP contribution is 2.17. The smallest absolute Gasteiger partial charge is 0.291 e. The van der Waals surface area contributed by atoms with Crippen LogP contribution in [-0.2, 0) is 0 Å². The zero-order valence-corrected chi connectivity index (χ0v) is 17.9. The molecule has 1 aliphatic rings. The quantitative estimate of drug-likeness (QED) is 0.630. The maximum absolute atomic E-state index is 12.4. The summed E-state index contributed by atoms with van der Waals surface area (Å²) >= 11 is 0. The van der Waals surface area contributed by atoms with Crippen molar-refractivity contribution in [3.05, 3.63) is 53.1 Å². The Morgan fingerprint density at radius 1 is 1.07 bits per heavy atom. The second kappa shape index (κ2) is 8.79. The van der Waals surface area contributed by atoms with Gasteiger partial charge >= 0.3 is 0 Å². The number of fused-ring (bicyclic) bond motifs is 1. The largest absolute Gasteiger partial charge is 0.369 e. The van der Waals surface area contributed by atoms with Crippen molar-refractivity contribution >= 4 is 17.4 Å². The molecule has 4 rings (SSSR count). The van der Waals surface area contributed by atoms with Crippen LogP contribution in [-0.4, -0.2) is 69.7 Å². The number of carbonyl (C=O) groups excluding carboxylic acids is 1. The first-order valence-electron chi connectivity index (χ1n) is 10.5. The number of amides is 1. The van der Waals surface area contributed by atoms with Crippen molar-refractivity contribution in [2.75, 3.05) is 44.2 Å². The van der Waals surface area contributed by atoms with Crippen molar-refractivity contribution in [2.24, 2.45) is 0 Å². The topological polar surface area (TPSA) is 78.7 Å². The molecule has 158 valence electrons. The van der Waals surface area contributed by atoms with Gasteiger partial charge in [0.15, 0.2) is 0 Å². The Bertz CT molecular complexity index is 1040. The minimum absolute atomic E-state index is 0.169. The summed E-state index contributed by atoms with van der Waals surface area (Å²) in [6, 6.07) is 10.6. The highest BCUT2D eigenvalue weighted by molar-refractivity contribution is 5.90. The van der Waals surface area contributed by atoms with Crippen molar-refractivity contribution in [2.45, 2.75) is 27.2 Å². The Labute approximate surface area is 176 Å². The molecule has 1 aromatic carbocycles. The number of carbonyl (C=O) groups is 1. The fourth-order valence-electron chi connectivity index (χ4n) is 3.90. The molecule has 0 atom stereocenters. The van der Waals surface area contributed by atoms with Crippen LogP contribution in [0.1, 0.15) is 34.0 Å². The van der Waals surface area contributed by atoms with E-state index in [1.807, 2.05) is 19.9 Å². The van der Waals surface area contributed by atoms with Crippen LogP contribution in [0.2, 0.25) is 0 Å². The molecule has 8 nitrogen and oxygen atoms in total. The van der Waals surface area contributed by atoms with Crippen molar-refractivity contribution in [3.63, 3.8) is 0 Å². The van der Waals surface area contributed by atoms with E-state index in [9.17, 15) is 4.79 Å². The summed E-state index contributed by atoms with van der Waals surface area (Å²) in [5.41, 5.74) is 4.38. The predicted molar refractivity (Wildman–Crippen MR) is 117 cm³/mol. The normalized spacial score (nSPS) is 15.0. The van der Waals surface area contributed by atoms with Gasteiger partial charge in [-0.25, -0.2) is 9.50 Å². The van der Waals surface area contributed by atoms with E-state index in [-0.39, 0.29) is 11.7 Å². The van der Waals surface area contributed by atoms with Crippen LogP contribution < -0.4 is 10.2 Å². The molecule has 2 aromatic heterocycles. The van der Waals surface area contributed by atoms with Crippen LogP contribution in [0.4, 0.5) is 5.69 Å². The minimum atomic E-state index is -0.248. The summed E-state index contributed by atoms with van der Waals surface area (Å²) in [7, 11) is 0. The number of aromatic nitrogens is 4. The number of benzene rings is 1. The summed E-state index contributed by atoms with van der Waals surface area (Å²) in [4.78, 5) is 25.9. The van der Waals surface area contributed by atoms with Gasteiger partial charge in [-0.05, 0) is 57.5 Å². The van der Waals surface area contributed by atoms with Gasteiger partial charge in [0, 0.05) is 49.8 Å². The van der Waals surface area contributed by atoms with Crippen molar-refractivity contribution in [3.8, 4) is 0 Å². The molecule has 30 heavy (non-hydrogen) atoms. The third kappa shape index (κ3) is 4.59. The lowest BCUT2D eigenvalue weighted by Gasteiger charge is -2.36. The number of hydrogen-bond acceptors (Lipinski definition) is 6. The van der Waals surface area contributed by atoms with E-state index in [1.165, 1.54) is 11.3 Å². The number of anilines is 1. The van der Waals surface area contributed by atoms with Gasteiger partial charge in [0.2, 0.25) is 5.82 Å². The van der Waals surface area contributed by atoms with Gasteiger partial charge < -0.3 is 10.2 Å². The van der Waals surface area contributed by atoms with Crippen LogP contribution in [0.25, 0.3) is 5.78 Å². The predicted octanol–water partition coefficient (Wildman–Crippen LogP) is 1.99. The lowest BCUT2D eigenvalue weighted by Crippen LogP contribution is -2.47. The van der Waals surface area contributed by atoms with Gasteiger partial charge in [0.05, 0.1) is 0 Å². The Hall–Kier alpha value is -3.00. The average molecular weight is 408 g/mol. The summed E-state index contributed by atoms with van der Waals surface area (Å²) in [5.74, 6) is 0.383. The second-order valence-electron chi connectivity index (χ2n) is 7.96. The van der Waals surface area contributed by atoms with E-state index in [1.54, 1.807) is 4.52 Å². The molecule has 1 N–H and O–H groups in total. The molecule has 1 fully saturated rings. The van der Waals surface area contributed by atoms with Gasteiger partial charge in [-0.3, -0.25) is 9.69 Å². The van der Waals surface area contributed by atoms with Crippen LogP contribution in [0.5, 0.6) is 0 Å². The SMILES string of the molecule is Cc1cccc(N2CCN(CCCNC(=O)c3nc4nc(C)cc(C)n4n3)CC2)c1. The molecule has 0 radical (unpaired) electrons. The molecule has 1 saturated heterocycles. The van der Waals surface area contributed by atoms with E-state index in [2.05, 4.69) is 61.4 Å². The number of aryl methyl sites for hydroxylation is 3. The first-order chi connectivity index (χ1) is 14.5. The molecular weight excluding hydrogens is 378 g/mol. The molecule has 0 spiro atoms. The van der Waals surface area contributed by atoms with Crippen molar-refractivity contribution in [1.29, 1.82) is 0 Å². The molecule has 3 heterocycles. The molecule has 3 aromatic rings. The average Bonchev–Trinajstić information content (AvgIpc) is 3.16. The van der Waals surface area contributed by atoms with Crippen LogP contribution in [0.3, 0.4) is 0 Å². The monoisotopic (exact) mass is 407 g/mol. The lowest BCUT2D eigenvalue weighted by atomic mass is 10.2. The zero-order chi connectivity index (χ0) is 21.1. The molecule has 0 unspecified atom stereocenters. The molecule has 1 aliphatic heterocycles. The van der Waals surface area contributed by atoms with Gasteiger partial charge in [-0.15, -0.1) is 5.10 Å². The Morgan fingerprint density at radius 2 is 1.87 bits per heavy atom. The molecule has 0 saturated carbocycles. The van der Waals surface area contributed by atoms with Gasteiger partial charge in [0.1, 0.15) is 0 Å². The lowest BCUT2D eigenvalue weighted by molar-refractivity contribution is 0.0941. The number of nitrogens with one attached hydrogen (secondary N) is 1. The first-order valence-corrected chi connectivity index (χ1v) is 10.5. The number of rotatable bonds is 6. The Kier molecular flexibility index (Phi) is 5.94. The zero-order valence-electron chi connectivity index (χ0n) is 17.9. The van der Waals surface area contributed by atoms with E-state index >= 15 is 0 Å². The standard InChI is InChI=1S/C22H29N7O/c1-16-6-4-7-19(14-16)28-12-10-27(11-13-28)9-5-8-23-21(30)20-25-22-24-17(2)15-18(3)29(22)26-20/h4,6-7,14-15H,5,8-13H2,1-3H3,(H,23,30).